The summed E-state index contributed by atoms with van der Waals surface area (Å²) in [6.45, 7) is 1.75. The van der Waals surface area contributed by atoms with Gasteiger partial charge in [-0.1, -0.05) is 12.1 Å². The Balaban J connectivity index is 1.26. The zero-order valence-corrected chi connectivity index (χ0v) is 18.2. The quantitative estimate of drug-likeness (QED) is 0.646. The molecule has 2 fully saturated rings. The minimum absolute atomic E-state index is 0.0752. The molecule has 1 amide bonds. The van der Waals surface area contributed by atoms with Gasteiger partial charge in [-0.15, -0.1) is 0 Å². The maximum atomic E-state index is 13.3. The fourth-order valence-electron chi connectivity index (χ4n) is 4.94. The number of fused-ring (bicyclic) bond motifs is 1. The number of hydrogen-bond acceptors (Lipinski definition) is 5. The summed E-state index contributed by atoms with van der Waals surface area (Å²) in [7, 11) is 0. The number of hydrogen-bond donors (Lipinski definition) is 1. The molecule has 1 aromatic carbocycles. The number of carbonyl (C=O) groups excluding carboxylic acids is 1. The molecule has 1 unspecified atom stereocenters. The first-order chi connectivity index (χ1) is 16.1. The number of piperidine rings is 1. The zero-order valence-electron chi connectivity index (χ0n) is 18.2. The molecule has 3 aromatic rings. The molecule has 3 aliphatic rings. The van der Waals surface area contributed by atoms with Crippen LogP contribution in [0.25, 0.3) is 11.5 Å². The minimum atomic E-state index is -0.753. The van der Waals surface area contributed by atoms with E-state index in [0.717, 1.165) is 48.6 Å². The molecule has 1 aliphatic carbocycles. The highest BCUT2D eigenvalue weighted by Gasteiger charge is 2.32. The van der Waals surface area contributed by atoms with Crippen molar-refractivity contribution < 1.29 is 14.7 Å². The number of nitrogens with zero attached hydrogens (tertiary/aromatic N) is 5. The molecule has 168 valence electrons. The Morgan fingerprint density at radius 2 is 2.00 bits per heavy atom. The lowest BCUT2D eigenvalue weighted by molar-refractivity contribution is -0.141. The summed E-state index contributed by atoms with van der Waals surface area (Å²) in [6.07, 6.45) is 7.65. The Bertz CT molecular complexity index is 1250. The van der Waals surface area contributed by atoms with Gasteiger partial charge in [0.15, 0.2) is 5.82 Å². The van der Waals surface area contributed by atoms with E-state index in [4.69, 9.17) is 4.98 Å². The topological polar surface area (TPSA) is 91.6 Å². The second-order valence-corrected chi connectivity index (χ2v) is 9.13. The summed E-state index contributed by atoms with van der Waals surface area (Å²) >= 11 is 0. The molecule has 4 heterocycles. The van der Waals surface area contributed by atoms with E-state index in [0.29, 0.717) is 36.9 Å². The Hall–Kier alpha value is -3.68. The normalized spacial score (nSPS) is 20.2. The molecule has 8 heteroatoms. The number of imidazole rings is 1. The number of anilines is 2. The molecule has 2 aliphatic heterocycles. The summed E-state index contributed by atoms with van der Waals surface area (Å²) in [5, 5.41) is 9.40. The highest BCUT2D eigenvalue weighted by molar-refractivity contribution is 6.10. The molecule has 33 heavy (non-hydrogen) atoms. The lowest BCUT2D eigenvalue weighted by Gasteiger charge is -2.32. The van der Waals surface area contributed by atoms with E-state index in [1.807, 2.05) is 42.6 Å². The van der Waals surface area contributed by atoms with E-state index in [-0.39, 0.29) is 11.8 Å². The number of rotatable bonds is 5. The van der Waals surface area contributed by atoms with E-state index in [1.54, 1.807) is 11.1 Å². The third-order valence-electron chi connectivity index (χ3n) is 6.88. The van der Waals surface area contributed by atoms with Crippen molar-refractivity contribution in [2.75, 3.05) is 22.9 Å². The van der Waals surface area contributed by atoms with E-state index >= 15 is 0 Å². The van der Waals surface area contributed by atoms with Gasteiger partial charge in [0.25, 0.3) is 5.91 Å². The van der Waals surface area contributed by atoms with Crippen LogP contribution in [0.2, 0.25) is 0 Å². The lowest BCUT2D eigenvalue weighted by atomic mass is 9.97. The minimum Gasteiger partial charge on any atom is -0.481 e. The number of pyridine rings is 1. The van der Waals surface area contributed by atoms with Crippen LogP contribution in [0.15, 0.2) is 48.8 Å². The molecule has 0 bridgehead atoms. The molecule has 6 rings (SSSR count). The van der Waals surface area contributed by atoms with E-state index < -0.39 is 5.97 Å². The maximum absolute atomic E-state index is 13.3. The number of amides is 1. The van der Waals surface area contributed by atoms with Crippen LogP contribution < -0.4 is 9.80 Å². The largest absolute Gasteiger partial charge is 0.481 e. The smallest absolute Gasteiger partial charge is 0.308 e. The summed E-state index contributed by atoms with van der Waals surface area (Å²) < 4.78 is 2.17. The first-order valence-corrected chi connectivity index (χ1v) is 11.5. The van der Waals surface area contributed by atoms with Crippen LogP contribution in [0.3, 0.4) is 0 Å². The Morgan fingerprint density at radius 1 is 1.12 bits per heavy atom. The molecule has 1 atom stereocenters. The number of carboxylic acid groups (broad SMARTS) is 1. The van der Waals surface area contributed by atoms with Crippen molar-refractivity contribution in [2.45, 2.75) is 38.3 Å². The number of carboxylic acids is 1. The van der Waals surface area contributed by atoms with Gasteiger partial charge in [0.2, 0.25) is 0 Å². The van der Waals surface area contributed by atoms with Crippen LogP contribution in [0.5, 0.6) is 0 Å². The van der Waals surface area contributed by atoms with Crippen LogP contribution in [-0.4, -0.2) is 44.6 Å². The average molecular weight is 444 g/mol. The summed E-state index contributed by atoms with van der Waals surface area (Å²) in [5.41, 5.74) is 3.30. The average Bonchev–Trinajstić information content (AvgIpc) is 3.47. The third kappa shape index (κ3) is 3.55. The fourth-order valence-corrected chi connectivity index (χ4v) is 4.94. The number of carbonyl (C=O) groups is 2. The van der Waals surface area contributed by atoms with E-state index in [1.165, 1.54) is 0 Å². The van der Waals surface area contributed by atoms with E-state index in [9.17, 15) is 14.7 Å². The molecular weight excluding hydrogens is 418 g/mol. The van der Waals surface area contributed by atoms with Gasteiger partial charge in [-0.3, -0.25) is 14.5 Å². The molecule has 8 nitrogen and oxygen atoms in total. The van der Waals surface area contributed by atoms with Crippen molar-refractivity contribution in [2.24, 2.45) is 5.92 Å². The van der Waals surface area contributed by atoms with Crippen molar-refractivity contribution in [3.63, 3.8) is 0 Å². The Kier molecular flexibility index (Phi) is 4.67. The van der Waals surface area contributed by atoms with Crippen LogP contribution in [0, 0.1) is 5.92 Å². The standard InChI is InChI=1S/C25H25N5O3/c31-24-20-13-19(28-11-2-3-17(14-28)25(32)33)7-6-16(20)15-30(24)22-5-1-4-21(27-22)23-26-10-12-29(23)18-8-9-18/h1,4-7,10,12-13,17-18H,2-3,8-9,11,14-15H2,(H,32,33). The second-order valence-electron chi connectivity index (χ2n) is 9.13. The van der Waals surface area contributed by atoms with Gasteiger partial charge >= 0.3 is 5.97 Å². The maximum Gasteiger partial charge on any atom is 0.308 e. The van der Waals surface area contributed by atoms with E-state index in [2.05, 4.69) is 14.5 Å². The lowest BCUT2D eigenvalue weighted by Crippen LogP contribution is -2.38. The van der Waals surface area contributed by atoms with Gasteiger partial charge in [0.1, 0.15) is 11.5 Å². The molecule has 1 N–H and O–H groups in total. The van der Waals surface area contributed by atoms with Crippen molar-refractivity contribution in [3.05, 3.63) is 59.9 Å². The SMILES string of the molecule is O=C(O)C1CCCN(c2ccc3c(c2)C(=O)N(c2cccc(-c4nccn4C4CC4)n2)C3)C1. The van der Waals surface area contributed by atoms with Gasteiger partial charge < -0.3 is 14.6 Å². The van der Waals surface area contributed by atoms with Crippen molar-refractivity contribution in [1.29, 1.82) is 0 Å². The number of benzene rings is 1. The summed E-state index contributed by atoms with van der Waals surface area (Å²) in [4.78, 5) is 37.9. The molecule has 1 saturated heterocycles. The highest BCUT2D eigenvalue weighted by Crippen LogP contribution is 2.38. The van der Waals surface area contributed by atoms with Gasteiger partial charge in [-0.05, 0) is 55.5 Å². The molecule has 0 radical (unpaired) electrons. The number of aliphatic carboxylic acids is 1. The monoisotopic (exact) mass is 443 g/mol. The van der Waals surface area contributed by atoms with Gasteiger partial charge in [-0.25, -0.2) is 9.97 Å². The predicted molar refractivity (Wildman–Crippen MR) is 123 cm³/mol. The Labute approximate surface area is 191 Å². The molecule has 2 aromatic heterocycles. The van der Waals surface area contributed by atoms with Crippen LogP contribution in [-0.2, 0) is 11.3 Å². The Morgan fingerprint density at radius 3 is 2.82 bits per heavy atom. The third-order valence-corrected chi connectivity index (χ3v) is 6.88. The predicted octanol–water partition coefficient (Wildman–Crippen LogP) is 3.74. The highest BCUT2D eigenvalue weighted by atomic mass is 16.4. The van der Waals surface area contributed by atoms with Crippen molar-refractivity contribution in [3.8, 4) is 11.5 Å². The van der Waals surface area contributed by atoms with Crippen LogP contribution in [0.4, 0.5) is 11.5 Å². The number of aromatic nitrogens is 3. The second kappa shape index (κ2) is 7.72. The molecule has 1 saturated carbocycles. The summed E-state index contributed by atoms with van der Waals surface area (Å²) in [6, 6.07) is 12.1. The molecule has 0 spiro atoms. The fraction of sp³-hybridized carbons (Fsp3) is 0.360. The van der Waals surface area contributed by atoms with Crippen LogP contribution >= 0.6 is 0 Å². The summed E-state index contributed by atoms with van der Waals surface area (Å²) in [5.74, 6) is 0.257. The first kappa shape index (κ1) is 20.0. The van der Waals surface area contributed by atoms with Gasteiger partial charge in [0, 0.05) is 42.8 Å². The first-order valence-electron chi connectivity index (χ1n) is 11.5. The zero-order chi connectivity index (χ0) is 22.5. The van der Waals surface area contributed by atoms with Gasteiger partial charge in [-0.2, -0.15) is 0 Å². The van der Waals surface area contributed by atoms with Gasteiger partial charge in [0.05, 0.1) is 12.5 Å². The van der Waals surface area contributed by atoms with Crippen LogP contribution in [0.1, 0.15) is 47.6 Å². The van der Waals surface area contributed by atoms with Crippen molar-refractivity contribution >= 4 is 23.4 Å². The molecular formula is C25H25N5O3. The van der Waals surface area contributed by atoms with Crippen molar-refractivity contribution in [1.82, 2.24) is 14.5 Å².